The molecule has 0 bridgehead atoms. The molecular weight excluding hydrogens is 316 g/mol. The Morgan fingerprint density at radius 2 is 1.72 bits per heavy atom. The highest BCUT2D eigenvalue weighted by molar-refractivity contribution is 5.81. The molecule has 1 saturated heterocycles. The van der Waals surface area contributed by atoms with Gasteiger partial charge in [0.05, 0.1) is 6.61 Å². The summed E-state index contributed by atoms with van der Waals surface area (Å²) in [5.74, 6) is 1.58. The molecule has 1 aromatic rings. The van der Waals surface area contributed by atoms with Crippen LogP contribution in [0.1, 0.15) is 37.7 Å². The molecule has 2 fully saturated rings. The molecule has 25 heavy (non-hydrogen) atoms. The quantitative estimate of drug-likeness (QED) is 0.746. The molecule has 3 rings (SSSR count). The summed E-state index contributed by atoms with van der Waals surface area (Å²) in [4.78, 5) is 28.4. The van der Waals surface area contributed by atoms with E-state index < -0.39 is 0 Å². The summed E-state index contributed by atoms with van der Waals surface area (Å²) < 4.78 is 5.68. The second kappa shape index (κ2) is 8.37. The topological polar surface area (TPSA) is 49.9 Å². The van der Waals surface area contributed by atoms with Crippen LogP contribution in [0.5, 0.6) is 5.75 Å². The lowest BCUT2D eigenvalue weighted by atomic mass is 10.2. The Hall–Kier alpha value is -2.04. The van der Waals surface area contributed by atoms with Gasteiger partial charge in [-0.1, -0.05) is 17.7 Å². The predicted octanol–water partition coefficient (Wildman–Crippen LogP) is 2.62. The summed E-state index contributed by atoms with van der Waals surface area (Å²) in [5.41, 5.74) is 1.21. The normalized spacial score (nSPS) is 18.0. The molecule has 2 amide bonds. The number of carbonyl (C=O) groups excluding carboxylic acids is 2. The minimum atomic E-state index is 0.174. The van der Waals surface area contributed by atoms with E-state index in [1.54, 1.807) is 0 Å². The lowest BCUT2D eigenvalue weighted by Gasteiger charge is -2.22. The molecule has 0 radical (unpaired) electrons. The van der Waals surface area contributed by atoms with Gasteiger partial charge in [-0.25, -0.2) is 0 Å². The van der Waals surface area contributed by atoms with Crippen molar-refractivity contribution in [2.75, 3.05) is 32.8 Å². The van der Waals surface area contributed by atoms with Crippen molar-refractivity contribution in [3.8, 4) is 5.75 Å². The number of rotatable bonds is 6. The van der Waals surface area contributed by atoms with Gasteiger partial charge in [0.25, 0.3) is 0 Å². The van der Waals surface area contributed by atoms with E-state index in [9.17, 15) is 9.59 Å². The zero-order chi connectivity index (χ0) is 17.6. The first-order valence-corrected chi connectivity index (χ1v) is 9.39. The number of ether oxygens (including phenoxy) is 1. The molecule has 0 unspecified atom stereocenters. The molecule has 5 heteroatoms. The highest BCUT2D eigenvalue weighted by atomic mass is 16.5. The first-order chi connectivity index (χ1) is 12.1. The van der Waals surface area contributed by atoms with Gasteiger partial charge >= 0.3 is 0 Å². The largest absolute Gasteiger partial charge is 0.494 e. The van der Waals surface area contributed by atoms with E-state index in [-0.39, 0.29) is 11.8 Å². The zero-order valence-electron chi connectivity index (χ0n) is 15.1. The Morgan fingerprint density at radius 3 is 2.44 bits per heavy atom. The lowest BCUT2D eigenvalue weighted by Crippen LogP contribution is -2.38. The van der Waals surface area contributed by atoms with Gasteiger partial charge in [0.1, 0.15) is 5.75 Å². The molecule has 136 valence electrons. The maximum atomic E-state index is 12.4. The van der Waals surface area contributed by atoms with E-state index >= 15 is 0 Å². The van der Waals surface area contributed by atoms with Crippen molar-refractivity contribution in [2.24, 2.45) is 5.92 Å². The minimum Gasteiger partial charge on any atom is -0.494 e. The Balaban J connectivity index is 1.36. The van der Waals surface area contributed by atoms with Crippen LogP contribution in [0.3, 0.4) is 0 Å². The van der Waals surface area contributed by atoms with Crippen LogP contribution in [-0.2, 0) is 9.59 Å². The van der Waals surface area contributed by atoms with Gasteiger partial charge in [-0.3, -0.25) is 9.59 Å². The predicted molar refractivity (Wildman–Crippen MR) is 96.4 cm³/mol. The number of carbonyl (C=O) groups is 2. The van der Waals surface area contributed by atoms with Crippen LogP contribution in [-0.4, -0.2) is 54.4 Å². The Morgan fingerprint density at radius 1 is 1.04 bits per heavy atom. The van der Waals surface area contributed by atoms with Crippen molar-refractivity contribution in [3.05, 3.63) is 29.8 Å². The molecule has 1 aliphatic carbocycles. The SMILES string of the molecule is Cc1ccc(OCCCC(=O)N2CCCN(C(=O)C3CC3)CC2)cc1. The van der Waals surface area contributed by atoms with Gasteiger partial charge < -0.3 is 14.5 Å². The van der Waals surface area contributed by atoms with Gasteiger partial charge in [-0.05, 0) is 44.7 Å². The van der Waals surface area contributed by atoms with Crippen molar-refractivity contribution in [3.63, 3.8) is 0 Å². The zero-order valence-corrected chi connectivity index (χ0v) is 15.1. The van der Waals surface area contributed by atoms with Crippen LogP contribution in [0.2, 0.25) is 0 Å². The van der Waals surface area contributed by atoms with Crippen molar-refractivity contribution >= 4 is 11.8 Å². The van der Waals surface area contributed by atoms with E-state index in [4.69, 9.17) is 4.74 Å². The third-order valence-electron chi connectivity index (χ3n) is 4.91. The maximum Gasteiger partial charge on any atom is 0.225 e. The van der Waals surface area contributed by atoms with Crippen molar-refractivity contribution < 1.29 is 14.3 Å². The Labute approximate surface area is 149 Å². The smallest absolute Gasteiger partial charge is 0.225 e. The van der Waals surface area contributed by atoms with Crippen molar-refractivity contribution in [1.29, 1.82) is 0 Å². The first kappa shape index (κ1) is 17.8. The van der Waals surface area contributed by atoms with Crippen LogP contribution in [0, 0.1) is 12.8 Å². The molecule has 2 aliphatic rings. The molecule has 5 nitrogen and oxygen atoms in total. The molecule has 0 N–H and O–H groups in total. The molecule has 1 aromatic carbocycles. The monoisotopic (exact) mass is 344 g/mol. The minimum absolute atomic E-state index is 0.174. The number of amides is 2. The summed E-state index contributed by atoms with van der Waals surface area (Å²) >= 11 is 0. The van der Waals surface area contributed by atoms with E-state index in [0.717, 1.165) is 38.1 Å². The van der Waals surface area contributed by atoms with E-state index in [1.807, 2.05) is 41.0 Å². The summed E-state index contributed by atoms with van der Waals surface area (Å²) in [6.07, 6.45) is 4.18. The van der Waals surface area contributed by atoms with Crippen LogP contribution in [0.15, 0.2) is 24.3 Å². The fourth-order valence-electron chi connectivity index (χ4n) is 3.18. The molecule has 1 saturated carbocycles. The van der Waals surface area contributed by atoms with Gasteiger partial charge in [-0.15, -0.1) is 0 Å². The Bertz CT molecular complexity index is 595. The third-order valence-corrected chi connectivity index (χ3v) is 4.91. The van der Waals surface area contributed by atoms with Gasteiger partial charge in [0.2, 0.25) is 11.8 Å². The van der Waals surface area contributed by atoms with E-state index in [2.05, 4.69) is 0 Å². The number of benzene rings is 1. The average Bonchev–Trinajstić information content (AvgIpc) is 3.45. The van der Waals surface area contributed by atoms with Crippen LogP contribution >= 0.6 is 0 Å². The summed E-state index contributed by atoms with van der Waals surface area (Å²) in [7, 11) is 0. The fourth-order valence-corrected chi connectivity index (χ4v) is 3.18. The highest BCUT2D eigenvalue weighted by Crippen LogP contribution is 2.31. The van der Waals surface area contributed by atoms with Gasteiger partial charge in [0, 0.05) is 38.5 Å². The number of hydrogen-bond acceptors (Lipinski definition) is 3. The average molecular weight is 344 g/mol. The van der Waals surface area contributed by atoms with Crippen LogP contribution in [0.25, 0.3) is 0 Å². The van der Waals surface area contributed by atoms with Crippen molar-refractivity contribution in [2.45, 2.75) is 39.0 Å². The first-order valence-electron chi connectivity index (χ1n) is 9.39. The van der Waals surface area contributed by atoms with Gasteiger partial charge in [-0.2, -0.15) is 0 Å². The van der Waals surface area contributed by atoms with Crippen LogP contribution < -0.4 is 4.74 Å². The highest BCUT2D eigenvalue weighted by Gasteiger charge is 2.34. The Kier molecular flexibility index (Phi) is 5.95. The molecule has 1 heterocycles. The molecule has 0 aromatic heterocycles. The van der Waals surface area contributed by atoms with Crippen LogP contribution in [0.4, 0.5) is 0 Å². The number of aryl methyl sites for hydroxylation is 1. The summed E-state index contributed by atoms with van der Waals surface area (Å²) in [6, 6.07) is 7.95. The molecular formula is C20H28N2O3. The summed E-state index contributed by atoms with van der Waals surface area (Å²) in [5, 5.41) is 0. The lowest BCUT2D eigenvalue weighted by molar-refractivity contribution is -0.134. The maximum absolute atomic E-state index is 12.4. The fraction of sp³-hybridized carbons (Fsp3) is 0.600. The molecule has 1 aliphatic heterocycles. The molecule has 0 atom stereocenters. The standard InChI is InChI=1S/C20H28N2O3/c1-16-5-9-18(10-6-16)25-15-2-4-19(23)21-11-3-12-22(14-13-21)20(24)17-7-8-17/h5-6,9-10,17H,2-4,7-8,11-15H2,1H3. The van der Waals surface area contributed by atoms with E-state index in [1.165, 1.54) is 5.56 Å². The second-order valence-corrected chi connectivity index (χ2v) is 7.10. The molecule has 0 spiro atoms. The summed E-state index contributed by atoms with van der Waals surface area (Å²) in [6.45, 7) is 5.48. The second-order valence-electron chi connectivity index (χ2n) is 7.10. The van der Waals surface area contributed by atoms with Gasteiger partial charge in [0.15, 0.2) is 0 Å². The van der Waals surface area contributed by atoms with Crippen molar-refractivity contribution in [1.82, 2.24) is 9.80 Å². The third kappa shape index (κ3) is 5.21. The number of hydrogen-bond donors (Lipinski definition) is 0. The number of nitrogens with zero attached hydrogens (tertiary/aromatic N) is 2. The van der Waals surface area contributed by atoms with E-state index in [0.29, 0.717) is 38.4 Å².